The number of hydrogen-bond acceptors (Lipinski definition) is 3. The van der Waals surface area contributed by atoms with Crippen LogP contribution in [0.1, 0.15) is 18.4 Å². The standard InChI is InChI=1S/C14H18Cl2N2O2.ClH/c15-12-2-1-10(7-13(12)16)9-20-11-3-5-18(6-4-11)14(19)8-17;/h1-2,7,11H,3-6,8-9,17H2;1H. The van der Waals surface area contributed by atoms with Gasteiger partial charge < -0.3 is 15.4 Å². The highest BCUT2D eigenvalue weighted by Crippen LogP contribution is 2.23. The second-order valence-corrected chi connectivity index (χ2v) is 5.66. The van der Waals surface area contributed by atoms with E-state index in [4.69, 9.17) is 33.7 Å². The number of nitrogens with two attached hydrogens (primary N) is 1. The van der Waals surface area contributed by atoms with Crippen LogP contribution in [0.15, 0.2) is 18.2 Å². The molecule has 0 atom stereocenters. The summed E-state index contributed by atoms with van der Waals surface area (Å²) in [6, 6.07) is 5.49. The monoisotopic (exact) mass is 352 g/mol. The van der Waals surface area contributed by atoms with E-state index in [0.717, 1.165) is 18.4 Å². The van der Waals surface area contributed by atoms with E-state index in [1.54, 1.807) is 11.0 Å². The molecular weight excluding hydrogens is 335 g/mol. The maximum Gasteiger partial charge on any atom is 0.236 e. The molecule has 7 heteroatoms. The first-order valence-electron chi connectivity index (χ1n) is 6.63. The number of amides is 1. The largest absolute Gasteiger partial charge is 0.373 e. The third kappa shape index (κ3) is 5.31. The summed E-state index contributed by atoms with van der Waals surface area (Å²) in [5.41, 5.74) is 6.35. The number of halogens is 3. The van der Waals surface area contributed by atoms with Crippen LogP contribution in [0.4, 0.5) is 0 Å². The predicted molar refractivity (Wildman–Crippen MR) is 87.2 cm³/mol. The first-order valence-corrected chi connectivity index (χ1v) is 7.39. The molecule has 0 spiro atoms. The molecule has 1 saturated heterocycles. The molecular formula is C14H19Cl3N2O2. The molecule has 1 fully saturated rings. The van der Waals surface area contributed by atoms with Gasteiger partial charge in [-0.15, -0.1) is 12.4 Å². The summed E-state index contributed by atoms with van der Waals surface area (Å²) in [6.07, 6.45) is 1.85. The van der Waals surface area contributed by atoms with Crippen LogP contribution < -0.4 is 5.73 Å². The molecule has 1 amide bonds. The van der Waals surface area contributed by atoms with Crippen LogP contribution in [0.5, 0.6) is 0 Å². The lowest BCUT2D eigenvalue weighted by atomic mass is 10.1. The van der Waals surface area contributed by atoms with Crippen molar-refractivity contribution >= 4 is 41.5 Å². The number of carbonyl (C=O) groups excluding carboxylic acids is 1. The van der Waals surface area contributed by atoms with Gasteiger partial charge in [-0.3, -0.25) is 4.79 Å². The summed E-state index contributed by atoms with van der Waals surface area (Å²) in [6.45, 7) is 2.01. The van der Waals surface area contributed by atoms with Crippen molar-refractivity contribution in [2.45, 2.75) is 25.6 Å². The summed E-state index contributed by atoms with van der Waals surface area (Å²) < 4.78 is 5.85. The smallest absolute Gasteiger partial charge is 0.236 e. The second-order valence-electron chi connectivity index (χ2n) is 4.84. The molecule has 0 aromatic heterocycles. The molecule has 1 aromatic carbocycles. The summed E-state index contributed by atoms with van der Waals surface area (Å²) in [4.78, 5) is 13.2. The van der Waals surface area contributed by atoms with Gasteiger partial charge in [0.25, 0.3) is 0 Å². The normalized spacial score (nSPS) is 15.7. The van der Waals surface area contributed by atoms with E-state index in [-0.39, 0.29) is 31.0 Å². The van der Waals surface area contributed by atoms with Crippen molar-refractivity contribution in [3.8, 4) is 0 Å². The quantitative estimate of drug-likeness (QED) is 0.905. The molecule has 21 heavy (non-hydrogen) atoms. The van der Waals surface area contributed by atoms with Crippen molar-refractivity contribution in [2.24, 2.45) is 5.73 Å². The Kier molecular flexibility index (Phi) is 7.77. The van der Waals surface area contributed by atoms with E-state index in [1.807, 2.05) is 12.1 Å². The van der Waals surface area contributed by atoms with Gasteiger partial charge in [0.05, 0.1) is 29.3 Å². The van der Waals surface area contributed by atoms with E-state index in [1.165, 1.54) is 0 Å². The molecule has 118 valence electrons. The van der Waals surface area contributed by atoms with Crippen molar-refractivity contribution in [2.75, 3.05) is 19.6 Å². The molecule has 2 N–H and O–H groups in total. The number of hydrogen-bond donors (Lipinski definition) is 1. The molecule has 2 rings (SSSR count). The van der Waals surface area contributed by atoms with Crippen LogP contribution in [0.3, 0.4) is 0 Å². The van der Waals surface area contributed by atoms with E-state index in [9.17, 15) is 4.79 Å². The van der Waals surface area contributed by atoms with E-state index in [0.29, 0.717) is 29.7 Å². The average Bonchev–Trinajstić information content (AvgIpc) is 2.48. The third-order valence-electron chi connectivity index (χ3n) is 3.44. The predicted octanol–water partition coefficient (Wildman–Crippen LogP) is 2.88. The molecule has 1 heterocycles. The number of piperidine rings is 1. The van der Waals surface area contributed by atoms with Gasteiger partial charge in [0.1, 0.15) is 0 Å². The Hall–Kier alpha value is -0.520. The highest BCUT2D eigenvalue weighted by molar-refractivity contribution is 6.42. The fraction of sp³-hybridized carbons (Fsp3) is 0.500. The minimum Gasteiger partial charge on any atom is -0.373 e. The Bertz CT molecular complexity index is 477. The fourth-order valence-electron chi connectivity index (χ4n) is 2.24. The van der Waals surface area contributed by atoms with Crippen molar-refractivity contribution in [1.29, 1.82) is 0 Å². The van der Waals surface area contributed by atoms with Crippen molar-refractivity contribution in [3.63, 3.8) is 0 Å². The van der Waals surface area contributed by atoms with E-state index >= 15 is 0 Å². The highest BCUT2D eigenvalue weighted by Gasteiger charge is 2.22. The minimum absolute atomic E-state index is 0. The molecule has 0 bridgehead atoms. The molecule has 1 aliphatic heterocycles. The molecule has 0 radical (unpaired) electrons. The number of carbonyl (C=O) groups is 1. The van der Waals surface area contributed by atoms with Crippen LogP contribution in [0, 0.1) is 0 Å². The fourth-order valence-corrected chi connectivity index (χ4v) is 2.57. The van der Waals surface area contributed by atoms with Gasteiger partial charge in [-0.05, 0) is 30.5 Å². The lowest BCUT2D eigenvalue weighted by Gasteiger charge is -2.31. The Balaban J connectivity index is 0.00000220. The van der Waals surface area contributed by atoms with Crippen LogP contribution in [-0.4, -0.2) is 36.5 Å². The molecule has 0 aliphatic carbocycles. The maximum absolute atomic E-state index is 11.5. The zero-order valence-corrected chi connectivity index (χ0v) is 13.9. The van der Waals surface area contributed by atoms with E-state index in [2.05, 4.69) is 0 Å². The Morgan fingerprint density at radius 3 is 2.52 bits per heavy atom. The van der Waals surface area contributed by atoms with Crippen LogP contribution in [-0.2, 0) is 16.1 Å². The van der Waals surface area contributed by atoms with Crippen LogP contribution in [0.25, 0.3) is 0 Å². The third-order valence-corrected chi connectivity index (χ3v) is 4.18. The van der Waals surface area contributed by atoms with Gasteiger partial charge in [-0.2, -0.15) is 0 Å². The van der Waals surface area contributed by atoms with Gasteiger partial charge >= 0.3 is 0 Å². The zero-order chi connectivity index (χ0) is 14.5. The Morgan fingerprint density at radius 1 is 1.29 bits per heavy atom. The van der Waals surface area contributed by atoms with Crippen LogP contribution in [0.2, 0.25) is 10.0 Å². The van der Waals surface area contributed by atoms with Gasteiger partial charge in [-0.25, -0.2) is 0 Å². The van der Waals surface area contributed by atoms with Crippen molar-refractivity contribution in [1.82, 2.24) is 4.90 Å². The van der Waals surface area contributed by atoms with Crippen molar-refractivity contribution < 1.29 is 9.53 Å². The van der Waals surface area contributed by atoms with Gasteiger partial charge in [0.2, 0.25) is 5.91 Å². The number of benzene rings is 1. The average molecular weight is 354 g/mol. The highest BCUT2D eigenvalue weighted by atomic mass is 35.5. The van der Waals surface area contributed by atoms with E-state index < -0.39 is 0 Å². The Labute approximate surface area is 140 Å². The molecule has 1 aromatic rings. The number of likely N-dealkylation sites (tertiary alicyclic amines) is 1. The maximum atomic E-state index is 11.5. The minimum atomic E-state index is 0. The number of nitrogens with zero attached hydrogens (tertiary/aromatic N) is 1. The first kappa shape index (κ1) is 18.5. The van der Waals surface area contributed by atoms with Gasteiger partial charge in [-0.1, -0.05) is 29.3 Å². The summed E-state index contributed by atoms with van der Waals surface area (Å²) in [5.74, 6) is 0.00735. The topological polar surface area (TPSA) is 55.6 Å². The zero-order valence-electron chi connectivity index (χ0n) is 11.6. The molecule has 0 unspecified atom stereocenters. The second kappa shape index (κ2) is 8.81. The van der Waals surface area contributed by atoms with Crippen molar-refractivity contribution in [3.05, 3.63) is 33.8 Å². The summed E-state index contributed by atoms with van der Waals surface area (Å²) in [7, 11) is 0. The lowest BCUT2D eigenvalue weighted by Crippen LogP contribution is -2.43. The number of rotatable bonds is 4. The van der Waals surface area contributed by atoms with Gasteiger partial charge in [0.15, 0.2) is 0 Å². The number of ether oxygens (including phenoxy) is 1. The molecule has 0 saturated carbocycles. The summed E-state index contributed by atoms with van der Waals surface area (Å²) in [5, 5.41) is 1.08. The first-order chi connectivity index (χ1) is 9.60. The summed E-state index contributed by atoms with van der Waals surface area (Å²) >= 11 is 11.8. The SMILES string of the molecule is Cl.NCC(=O)N1CCC(OCc2ccc(Cl)c(Cl)c2)CC1. The van der Waals surface area contributed by atoms with Crippen LogP contribution >= 0.6 is 35.6 Å². The molecule has 4 nitrogen and oxygen atoms in total. The molecule has 1 aliphatic rings. The van der Waals surface area contributed by atoms with Gasteiger partial charge in [0, 0.05) is 13.1 Å². The lowest BCUT2D eigenvalue weighted by molar-refractivity contribution is -0.132. The Morgan fingerprint density at radius 2 is 1.95 bits per heavy atom.